The van der Waals surface area contributed by atoms with Gasteiger partial charge >= 0.3 is 0 Å². The molecule has 0 radical (unpaired) electrons. The number of amides is 1. The highest BCUT2D eigenvalue weighted by atomic mass is 16.5. The number of anilines is 1. The number of nitrogens with zero attached hydrogens (tertiary/aromatic N) is 1. The third kappa shape index (κ3) is 5.30. The zero-order valence-electron chi connectivity index (χ0n) is 14.5. The van der Waals surface area contributed by atoms with E-state index in [9.17, 15) is 4.79 Å². The van der Waals surface area contributed by atoms with E-state index in [1.165, 1.54) is 12.5 Å². The number of carbonyl (C=O) groups excluding carboxylic acids is 1. The second kappa shape index (κ2) is 8.60. The summed E-state index contributed by atoms with van der Waals surface area (Å²) in [6.45, 7) is 7.28. The lowest BCUT2D eigenvalue weighted by molar-refractivity contribution is -0.114. The Labute approximate surface area is 144 Å². The Kier molecular flexibility index (Phi) is 6.24. The molecule has 1 atom stereocenters. The molecular formula is C19H28N2O3. The van der Waals surface area contributed by atoms with Crippen LogP contribution >= 0.6 is 0 Å². The zero-order valence-corrected chi connectivity index (χ0v) is 14.5. The van der Waals surface area contributed by atoms with Gasteiger partial charge in [0.2, 0.25) is 5.91 Å². The van der Waals surface area contributed by atoms with Crippen molar-refractivity contribution >= 4 is 11.6 Å². The van der Waals surface area contributed by atoms with Crippen LogP contribution < -0.4 is 5.32 Å². The number of piperidine rings is 1. The van der Waals surface area contributed by atoms with Crippen LogP contribution in [0.3, 0.4) is 0 Å². The molecule has 132 valence electrons. The molecule has 0 unspecified atom stereocenters. The summed E-state index contributed by atoms with van der Waals surface area (Å²) in [5, 5.41) is 2.80. The zero-order chi connectivity index (χ0) is 16.8. The minimum Gasteiger partial charge on any atom is -0.381 e. The Hall–Kier alpha value is -1.43. The van der Waals surface area contributed by atoms with Crippen LogP contribution in [0, 0.1) is 5.92 Å². The molecule has 1 N–H and O–H groups in total. The Balaban J connectivity index is 1.37. The standard InChI is InChI=1S/C19H28N2O3/c1-15(22)20-18-4-2-16(3-5-18)12-21-9-6-19(7-10-21)24-14-17-8-11-23-13-17/h2-5,17,19H,6-14H2,1H3,(H,20,22)/t17-/m0/s1. The molecule has 0 aromatic heterocycles. The van der Waals surface area contributed by atoms with Crippen molar-refractivity contribution in [1.29, 1.82) is 0 Å². The molecule has 2 aliphatic rings. The van der Waals surface area contributed by atoms with Gasteiger partial charge in [0.1, 0.15) is 0 Å². The van der Waals surface area contributed by atoms with Crippen LogP contribution in [0.2, 0.25) is 0 Å². The molecule has 5 nitrogen and oxygen atoms in total. The average molecular weight is 332 g/mol. The van der Waals surface area contributed by atoms with Crippen molar-refractivity contribution in [3.05, 3.63) is 29.8 Å². The van der Waals surface area contributed by atoms with Crippen LogP contribution in [0.5, 0.6) is 0 Å². The van der Waals surface area contributed by atoms with Gasteiger partial charge in [0, 0.05) is 44.8 Å². The molecule has 0 bridgehead atoms. The Morgan fingerprint density at radius 1 is 1.25 bits per heavy atom. The number of rotatable bonds is 6. The summed E-state index contributed by atoms with van der Waals surface area (Å²) in [4.78, 5) is 13.5. The number of benzene rings is 1. The van der Waals surface area contributed by atoms with Crippen LogP contribution in [0.25, 0.3) is 0 Å². The van der Waals surface area contributed by atoms with E-state index in [4.69, 9.17) is 9.47 Å². The Morgan fingerprint density at radius 3 is 2.62 bits per heavy atom. The fraction of sp³-hybridized carbons (Fsp3) is 0.632. The Bertz CT molecular complexity index is 518. The molecule has 0 spiro atoms. The number of ether oxygens (including phenoxy) is 2. The fourth-order valence-electron chi connectivity index (χ4n) is 3.38. The van der Waals surface area contributed by atoms with E-state index in [1.54, 1.807) is 0 Å². The van der Waals surface area contributed by atoms with E-state index in [-0.39, 0.29) is 5.91 Å². The van der Waals surface area contributed by atoms with Crippen LogP contribution in [0.1, 0.15) is 31.7 Å². The van der Waals surface area contributed by atoms with Crippen molar-refractivity contribution in [2.45, 2.75) is 38.8 Å². The predicted octanol–water partition coefficient (Wildman–Crippen LogP) is 2.66. The van der Waals surface area contributed by atoms with Crippen molar-refractivity contribution < 1.29 is 14.3 Å². The van der Waals surface area contributed by atoms with E-state index >= 15 is 0 Å². The van der Waals surface area contributed by atoms with Crippen LogP contribution in [-0.4, -0.2) is 49.8 Å². The summed E-state index contributed by atoms with van der Waals surface area (Å²) in [5.74, 6) is 0.569. The van der Waals surface area contributed by atoms with Crippen molar-refractivity contribution in [2.75, 3.05) is 38.2 Å². The highest BCUT2D eigenvalue weighted by Gasteiger charge is 2.22. The quantitative estimate of drug-likeness (QED) is 0.870. The lowest BCUT2D eigenvalue weighted by Crippen LogP contribution is -2.37. The van der Waals surface area contributed by atoms with Crippen molar-refractivity contribution in [3.8, 4) is 0 Å². The first-order chi connectivity index (χ1) is 11.7. The highest BCUT2D eigenvalue weighted by molar-refractivity contribution is 5.88. The molecule has 24 heavy (non-hydrogen) atoms. The largest absolute Gasteiger partial charge is 0.381 e. The highest BCUT2D eigenvalue weighted by Crippen LogP contribution is 2.20. The molecule has 1 aromatic carbocycles. The maximum atomic E-state index is 11.0. The van der Waals surface area contributed by atoms with Gasteiger partial charge in [-0.3, -0.25) is 9.69 Å². The van der Waals surface area contributed by atoms with Crippen LogP contribution in [-0.2, 0) is 20.8 Å². The molecule has 2 aliphatic heterocycles. The third-order valence-electron chi connectivity index (χ3n) is 4.81. The van der Waals surface area contributed by atoms with Crippen molar-refractivity contribution in [3.63, 3.8) is 0 Å². The summed E-state index contributed by atoms with van der Waals surface area (Å²) in [6.07, 6.45) is 3.77. The summed E-state index contributed by atoms with van der Waals surface area (Å²) in [7, 11) is 0. The molecule has 0 saturated carbocycles. The number of carbonyl (C=O) groups is 1. The molecule has 2 saturated heterocycles. The Morgan fingerprint density at radius 2 is 2.00 bits per heavy atom. The minimum absolute atomic E-state index is 0.0333. The number of hydrogen-bond acceptors (Lipinski definition) is 4. The molecular weight excluding hydrogens is 304 g/mol. The topological polar surface area (TPSA) is 50.8 Å². The van der Waals surface area contributed by atoms with E-state index in [1.807, 2.05) is 12.1 Å². The first-order valence-corrected chi connectivity index (χ1v) is 8.97. The number of likely N-dealkylation sites (tertiary alicyclic amines) is 1. The molecule has 2 fully saturated rings. The smallest absolute Gasteiger partial charge is 0.221 e. The van der Waals surface area contributed by atoms with Gasteiger partial charge in [-0.1, -0.05) is 12.1 Å². The van der Waals surface area contributed by atoms with Gasteiger partial charge in [0.25, 0.3) is 0 Å². The van der Waals surface area contributed by atoms with Gasteiger partial charge in [-0.2, -0.15) is 0 Å². The SMILES string of the molecule is CC(=O)Nc1ccc(CN2CCC(OC[C@H]3CCOC3)CC2)cc1. The van der Waals surface area contributed by atoms with Crippen molar-refractivity contribution in [1.82, 2.24) is 4.90 Å². The molecule has 3 rings (SSSR count). The normalized spacial score (nSPS) is 22.6. The summed E-state index contributed by atoms with van der Waals surface area (Å²) in [6, 6.07) is 8.12. The number of nitrogens with one attached hydrogen (secondary N) is 1. The van der Waals surface area contributed by atoms with Gasteiger partial charge in [-0.15, -0.1) is 0 Å². The summed E-state index contributed by atoms with van der Waals surface area (Å²) >= 11 is 0. The maximum absolute atomic E-state index is 11.0. The van der Waals surface area contributed by atoms with E-state index in [2.05, 4.69) is 22.3 Å². The maximum Gasteiger partial charge on any atom is 0.221 e. The second-order valence-corrected chi connectivity index (χ2v) is 6.92. The molecule has 5 heteroatoms. The monoisotopic (exact) mass is 332 g/mol. The lowest BCUT2D eigenvalue weighted by atomic mass is 10.1. The lowest BCUT2D eigenvalue weighted by Gasteiger charge is -2.32. The second-order valence-electron chi connectivity index (χ2n) is 6.92. The minimum atomic E-state index is -0.0333. The summed E-state index contributed by atoms with van der Waals surface area (Å²) < 4.78 is 11.5. The molecule has 1 aromatic rings. The van der Waals surface area contributed by atoms with Gasteiger partial charge in [-0.05, 0) is 37.0 Å². The van der Waals surface area contributed by atoms with Crippen molar-refractivity contribution in [2.24, 2.45) is 5.92 Å². The van der Waals surface area contributed by atoms with Gasteiger partial charge in [0.15, 0.2) is 0 Å². The van der Waals surface area contributed by atoms with Crippen LogP contribution in [0.4, 0.5) is 5.69 Å². The average Bonchev–Trinajstić information content (AvgIpc) is 3.09. The van der Waals surface area contributed by atoms with E-state index in [0.717, 1.165) is 64.4 Å². The summed E-state index contributed by atoms with van der Waals surface area (Å²) in [5.41, 5.74) is 2.14. The predicted molar refractivity (Wildman–Crippen MR) is 93.9 cm³/mol. The first kappa shape index (κ1) is 17.4. The molecule has 2 heterocycles. The third-order valence-corrected chi connectivity index (χ3v) is 4.81. The van der Waals surface area contributed by atoms with Gasteiger partial charge < -0.3 is 14.8 Å². The van der Waals surface area contributed by atoms with E-state index in [0.29, 0.717) is 12.0 Å². The fourth-order valence-corrected chi connectivity index (χ4v) is 3.38. The van der Waals surface area contributed by atoms with E-state index < -0.39 is 0 Å². The number of hydrogen-bond donors (Lipinski definition) is 1. The first-order valence-electron chi connectivity index (χ1n) is 8.97. The van der Waals surface area contributed by atoms with Gasteiger partial charge in [0.05, 0.1) is 19.3 Å². The van der Waals surface area contributed by atoms with Crippen LogP contribution in [0.15, 0.2) is 24.3 Å². The molecule has 0 aliphatic carbocycles. The van der Waals surface area contributed by atoms with Gasteiger partial charge in [-0.25, -0.2) is 0 Å². The molecule has 1 amide bonds.